The van der Waals surface area contributed by atoms with Crippen molar-refractivity contribution in [1.82, 2.24) is 5.06 Å². The molecule has 2 unspecified atom stereocenters. The summed E-state index contributed by atoms with van der Waals surface area (Å²) < 4.78 is 12.7. The molecule has 0 aliphatic carbocycles. The van der Waals surface area contributed by atoms with Gasteiger partial charge in [0.05, 0.1) is 26.6 Å². The fourth-order valence-corrected chi connectivity index (χ4v) is 3.72. The number of imide groups is 1. The van der Waals surface area contributed by atoms with E-state index in [1.54, 1.807) is 0 Å². The third-order valence-corrected chi connectivity index (χ3v) is 6.63. The second-order valence-electron chi connectivity index (χ2n) is 6.36. The molecule has 14 nitrogen and oxygen atoms in total. The molecule has 1 rings (SSSR count). The number of nitrogens with zero attached hydrogens (tertiary/aromatic N) is 1. The fraction of sp³-hybridized carbons (Fsp3) is 0.632. The Morgan fingerprint density at radius 3 is 1.86 bits per heavy atom. The summed E-state index contributed by atoms with van der Waals surface area (Å²) in [4.78, 5) is 78.7. The molecule has 1 saturated heterocycles. The summed E-state index contributed by atoms with van der Waals surface area (Å²) in [6.45, 7) is 0. The van der Waals surface area contributed by atoms with Gasteiger partial charge in [0.15, 0.2) is 0 Å². The number of methoxy groups -OCH3 is 3. The summed E-state index contributed by atoms with van der Waals surface area (Å²) in [6, 6.07) is 0. The number of carbonyl (C=O) groups excluding carboxylic acids is 5. The monoisotopic (exact) mass is 607 g/mol. The first-order valence-electron chi connectivity index (χ1n) is 10.2. The van der Waals surface area contributed by atoms with Gasteiger partial charge in [-0.3, -0.25) is 24.0 Å². The molecule has 2 atom stereocenters. The normalized spacial score (nSPS) is 13.6. The first-order chi connectivity index (χ1) is 17.3. The second-order valence-corrected chi connectivity index (χ2v) is 9.53. The molecule has 2 amide bonds. The van der Waals surface area contributed by atoms with Crippen molar-refractivity contribution in [2.75, 3.05) is 32.8 Å². The zero-order chi connectivity index (χ0) is 29.0. The van der Waals surface area contributed by atoms with Gasteiger partial charge < -0.3 is 24.4 Å². The number of carboxylic acids is 2. The molecule has 0 bridgehead atoms. The number of thioether (sulfide) groups is 2. The van der Waals surface area contributed by atoms with Crippen LogP contribution in [0.1, 0.15) is 32.1 Å². The summed E-state index contributed by atoms with van der Waals surface area (Å²) >= 11 is 9.09. The van der Waals surface area contributed by atoms with Crippen LogP contribution in [0, 0.1) is 0 Å². The van der Waals surface area contributed by atoms with Crippen LogP contribution in [0.2, 0.25) is 0 Å². The number of thiol groups is 2. The lowest BCUT2D eigenvalue weighted by atomic mass is 10.2. The summed E-state index contributed by atoms with van der Waals surface area (Å²) in [6.07, 6.45) is 1.58. The zero-order valence-electron chi connectivity index (χ0n) is 20.1. The largest absolute Gasteiger partial charge is 0.533 e. The van der Waals surface area contributed by atoms with Gasteiger partial charge in [-0.25, -0.2) is 14.4 Å². The number of aliphatic carboxylic acids is 2. The molecule has 0 radical (unpaired) electrons. The molecule has 2 N–H and O–H groups in total. The maximum absolute atomic E-state index is 10.8. The van der Waals surface area contributed by atoms with Gasteiger partial charge in [-0.2, -0.15) is 25.3 Å². The van der Waals surface area contributed by atoms with Gasteiger partial charge >= 0.3 is 28.7 Å². The molecular weight excluding hydrogens is 578 g/mol. The molecule has 1 fully saturated rings. The van der Waals surface area contributed by atoms with Crippen LogP contribution in [0.4, 0.5) is 14.4 Å². The van der Waals surface area contributed by atoms with Crippen LogP contribution in [-0.4, -0.2) is 99.1 Å². The van der Waals surface area contributed by atoms with Crippen molar-refractivity contribution < 1.29 is 62.8 Å². The van der Waals surface area contributed by atoms with E-state index in [1.165, 1.54) is 7.11 Å². The number of hydrogen-bond acceptors (Lipinski definition) is 15. The highest BCUT2D eigenvalue weighted by Gasteiger charge is 2.33. The average molecular weight is 608 g/mol. The van der Waals surface area contributed by atoms with Crippen LogP contribution in [0.25, 0.3) is 0 Å². The Kier molecular flexibility index (Phi) is 21.7. The molecule has 1 aliphatic heterocycles. The minimum atomic E-state index is -1.18. The number of carboxylic acid groups (broad SMARTS) is 2. The van der Waals surface area contributed by atoms with Crippen molar-refractivity contribution >= 4 is 89.3 Å². The highest BCUT2D eigenvalue weighted by Crippen LogP contribution is 2.20. The summed E-state index contributed by atoms with van der Waals surface area (Å²) in [5, 5.41) is 14.7. The minimum absolute atomic E-state index is 0.0538. The predicted molar refractivity (Wildman–Crippen MR) is 139 cm³/mol. The number of ether oxygens (including phenoxy) is 3. The number of amides is 2. The van der Waals surface area contributed by atoms with E-state index >= 15 is 0 Å². The van der Waals surface area contributed by atoms with Crippen molar-refractivity contribution in [2.24, 2.45) is 0 Å². The number of unbranched alkanes of at least 4 members (excludes halogenated alkanes) is 1. The Balaban J connectivity index is 0. The van der Waals surface area contributed by atoms with Gasteiger partial charge in [0.25, 0.3) is 11.8 Å². The van der Waals surface area contributed by atoms with E-state index in [4.69, 9.17) is 10.2 Å². The van der Waals surface area contributed by atoms with Crippen molar-refractivity contribution in [2.45, 2.75) is 42.6 Å². The van der Waals surface area contributed by atoms with E-state index in [2.05, 4.69) is 44.3 Å². The molecule has 0 spiro atoms. The van der Waals surface area contributed by atoms with E-state index in [1.807, 2.05) is 0 Å². The first-order valence-corrected chi connectivity index (χ1v) is 13.2. The molecular formula is C19H29NO13S4. The summed E-state index contributed by atoms with van der Waals surface area (Å²) in [7, 11) is 3.44. The zero-order valence-corrected chi connectivity index (χ0v) is 23.6. The average Bonchev–Trinajstić information content (AvgIpc) is 3.18. The molecule has 1 aliphatic rings. The van der Waals surface area contributed by atoms with Gasteiger partial charge in [0.1, 0.15) is 5.25 Å². The lowest BCUT2D eigenvalue weighted by Crippen LogP contribution is -2.31. The molecule has 37 heavy (non-hydrogen) atoms. The van der Waals surface area contributed by atoms with Crippen molar-refractivity contribution in [3.63, 3.8) is 0 Å². The summed E-state index contributed by atoms with van der Waals surface area (Å²) in [5.74, 6) is -2.29. The highest BCUT2D eigenvalue weighted by atomic mass is 32.2. The number of hydrogen-bond donors (Lipinski definition) is 4. The van der Waals surface area contributed by atoms with Gasteiger partial charge in [0.2, 0.25) is 0 Å². The Morgan fingerprint density at radius 2 is 1.46 bits per heavy atom. The maximum atomic E-state index is 10.8. The lowest BCUT2D eigenvalue weighted by Gasteiger charge is -2.10. The number of rotatable bonds is 10. The molecule has 18 heteroatoms. The van der Waals surface area contributed by atoms with Crippen LogP contribution < -0.4 is 0 Å². The molecule has 212 valence electrons. The Morgan fingerprint density at radius 1 is 0.919 bits per heavy atom. The van der Waals surface area contributed by atoms with Crippen molar-refractivity contribution in [3.05, 3.63) is 0 Å². The van der Waals surface area contributed by atoms with Gasteiger partial charge in [0, 0.05) is 18.6 Å². The molecule has 0 aromatic rings. The van der Waals surface area contributed by atoms with Crippen LogP contribution >= 0.6 is 48.8 Å². The molecule has 0 aromatic carbocycles. The highest BCUT2D eigenvalue weighted by molar-refractivity contribution is 8.17. The van der Waals surface area contributed by atoms with Gasteiger partial charge in [-0.05, 0) is 42.1 Å². The predicted octanol–water partition coefficient (Wildman–Crippen LogP) is 2.74. The third-order valence-electron chi connectivity index (χ3n) is 3.71. The van der Waals surface area contributed by atoms with E-state index in [0.29, 0.717) is 35.0 Å². The van der Waals surface area contributed by atoms with Crippen LogP contribution in [0.15, 0.2) is 0 Å². The Hall–Kier alpha value is -2.31. The van der Waals surface area contributed by atoms with Crippen LogP contribution in [0.3, 0.4) is 0 Å². The fourth-order valence-electron chi connectivity index (χ4n) is 1.87. The SMILES string of the molecule is COC(=O)ON1C(=O)CCC1=O.COC(=O)SCC(SC(=O)OC)C(=O)O.O=C(O)C(S)CCCCS. The third kappa shape index (κ3) is 18.6. The second kappa shape index (κ2) is 21.7. The summed E-state index contributed by atoms with van der Waals surface area (Å²) in [5.41, 5.74) is 0. The van der Waals surface area contributed by atoms with Crippen molar-refractivity contribution in [1.29, 1.82) is 0 Å². The molecule has 1 heterocycles. The topological polar surface area (TPSA) is 200 Å². The van der Waals surface area contributed by atoms with E-state index in [-0.39, 0.29) is 18.6 Å². The first kappa shape index (κ1) is 36.8. The molecule has 0 aromatic heterocycles. The Labute approximate surface area is 232 Å². The smallest absolute Gasteiger partial charge is 0.480 e. The standard InChI is InChI=1S/C7H10O6S2.C6H7NO5.C6H12O2S2/c1-12-6(10)14-3-4(5(8)9)15-7(11)13-2;1-11-6(10)12-7-4(8)2-3-5(7)9;7-6(8)5(10)3-1-2-4-9/h4H,3H2,1-2H3,(H,8,9);2-3H2,1H3;5,9-10H,1-4H2,(H,7,8). The van der Waals surface area contributed by atoms with Crippen LogP contribution in [-0.2, 0) is 38.2 Å². The van der Waals surface area contributed by atoms with Gasteiger partial charge in [-0.1, -0.05) is 11.5 Å². The van der Waals surface area contributed by atoms with E-state index < -0.39 is 51.0 Å². The lowest BCUT2D eigenvalue weighted by molar-refractivity contribution is -0.176. The minimum Gasteiger partial charge on any atom is -0.480 e. The molecule has 0 saturated carbocycles. The van der Waals surface area contributed by atoms with Crippen LogP contribution in [0.5, 0.6) is 0 Å². The van der Waals surface area contributed by atoms with Gasteiger partial charge in [-0.15, -0.1) is 0 Å². The number of carbonyl (C=O) groups is 7. The quantitative estimate of drug-likeness (QED) is 0.0928. The van der Waals surface area contributed by atoms with E-state index in [0.717, 1.165) is 32.8 Å². The maximum Gasteiger partial charge on any atom is 0.533 e. The number of hydroxylamine groups is 2. The van der Waals surface area contributed by atoms with Crippen molar-refractivity contribution in [3.8, 4) is 0 Å². The Bertz CT molecular complexity index is 780. The van der Waals surface area contributed by atoms with E-state index in [9.17, 15) is 33.6 Å².